The second-order valence-corrected chi connectivity index (χ2v) is 10.8. The molecule has 2 aromatic heterocycles. The summed E-state index contributed by atoms with van der Waals surface area (Å²) < 4.78 is 27.0. The Morgan fingerprint density at radius 1 is 1.03 bits per heavy atom. The van der Waals surface area contributed by atoms with E-state index in [1.165, 1.54) is 27.8 Å². The molecule has 0 fully saturated rings. The summed E-state index contributed by atoms with van der Waals surface area (Å²) in [7, 11) is -2.09. The van der Waals surface area contributed by atoms with Gasteiger partial charge in [0, 0.05) is 35.6 Å². The van der Waals surface area contributed by atoms with Gasteiger partial charge in [-0.25, -0.2) is 13.4 Å². The minimum Gasteiger partial charge on any atom is -0.326 e. The third-order valence-electron chi connectivity index (χ3n) is 4.76. The molecule has 0 unspecified atom stereocenters. The number of amides is 1. The number of nitrogens with one attached hydrogen (secondary N) is 1. The van der Waals surface area contributed by atoms with E-state index in [9.17, 15) is 13.2 Å². The van der Waals surface area contributed by atoms with E-state index in [1.807, 2.05) is 52.5 Å². The largest absolute Gasteiger partial charge is 0.326 e. The van der Waals surface area contributed by atoms with Crippen molar-refractivity contribution in [2.45, 2.75) is 17.9 Å². The number of rotatable bonds is 8. The van der Waals surface area contributed by atoms with Crippen LogP contribution in [-0.4, -0.2) is 30.7 Å². The van der Waals surface area contributed by atoms with Gasteiger partial charge < -0.3 is 5.32 Å². The van der Waals surface area contributed by atoms with Crippen molar-refractivity contribution in [3.8, 4) is 10.6 Å². The van der Waals surface area contributed by atoms with Gasteiger partial charge in [0.25, 0.3) is 0 Å². The second-order valence-electron chi connectivity index (χ2n) is 7.15. The van der Waals surface area contributed by atoms with Crippen molar-refractivity contribution in [1.82, 2.24) is 9.29 Å². The Morgan fingerprint density at radius 3 is 2.47 bits per heavy atom. The van der Waals surface area contributed by atoms with Crippen LogP contribution < -0.4 is 5.32 Å². The number of thiazole rings is 1. The number of hydrogen-bond acceptors (Lipinski definition) is 6. The molecule has 4 aromatic rings. The maximum absolute atomic E-state index is 12.8. The molecule has 164 valence electrons. The van der Waals surface area contributed by atoms with Gasteiger partial charge in [0.05, 0.1) is 17.0 Å². The Kier molecular flexibility index (Phi) is 6.80. The molecule has 0 saturated carbocycles. The molecule has 2 heterocycles. The molecule has 0 aliphatic rings. The zero-order chi connectivity index (χ0) is 22.6. The summed E-state index contributed by atoms with van der Waals surface area (Å²) in [5, 5.41) is 9.59. The molecule has 1 amide bonds. The highest BCUT2D eigenvalue weighted by Crippen LogP contribution is 2.26. The molecular formula is C23H21N3O3S3. The lowest BCUT2D eigenvalue weighted by atomic mass is 10.2. The quantitative estimate of drug-likeness (QED) is 0.388. The molecular weight excluding hydrogens is 462 g/mol. The normalized spacial score (nSPS) is 11.6. The predicted octanol–water partition coefficient (Wildman–Crippen LogP) is 4.87. The van der Waals surface area contributed by atoms with E-state index in [1.54, 1.807) is 30.5 Å². The monoisotopic (exact) mass is 483 g/mol. The fourth-order valence-corrected chi connectivity index (χ4v) is 5.78. The lowest BCUT2D eigenvalue weighted by Crippen LogP contribution is -2.26. The van der Waals surface area contributed by atoms with Gasteiger partial charge in [0.1, 0.15) is 5.01 Å². The molecule has 0 aliphatic heterocycles. The fourth-order valence-electron chi connectivity index (χ4n) is 3.09. The molecule has 6 nitrogen and oxygen atoms in total. The van der Waals surface area contributed by atoms with Crippen LogP contribution in [0.2, 0.25) is 0 Å². The van der Waals surface area contributed by atoms with Gasteiger partial charge in [-0.05, 0) is 41.3 Å². The summed E-state index contributed by atoms with van der Waals surface area (Å²) in [5.74, 6) is -0.205. The van der Waals surface area contributed by atoms with Crippen molar-refractivity contribution >= 4 is 44.3 Å². The average Bonchev–Trinajstić information content (AvgIpc) is 3.47. The topological polar surface area (TPSA) is 79.4 Å². The molecule has 0 atom stereocenters. The van der Waals surface area contributed by atoms with E-state index in [0.29, 0.717) is 11.4 Å². The first-order valence-electron chi connectivity index (χ1n) is 9.79. The highest BCUT2D eigenvalue weighted by atomic mass is 32.2. The molecule has 0 saturated heterocycles. The number of sulfonamides is 1. The first-order valence-corrected chi connectivity index (χ1v) is 13.1. The Hall–Kier alpha value is -2.85. The molecule has 0 spiro atoms. The summed E-state index contributed by atoms with van der Waals surface area (Å²) >= 11 is 3.11. The average molecular weight is 484 g/mol. The number of hydrogen-bond donors (Lipinski definition) is 1. The third kappa shape index (κ3) is 5.31. The Morgan fingerprint density at radius 2 is 1.78 bits per heavy atom. The van der Waals surface area contributed by atoms with Gasteiger partial charge in [-0.1, -0.05) is 30.3 Å². The number of carbonyl (C=O) groups is 1. The number of carbonyl (C=O) groups excluding carboxylic acids is 1. The number of nitrogens with zero attached hydrogens (tertiary/aromatic N) is 2. The molecule has 2 aromatic carbocycles. The Bertz CT molecular complexity index is 1280. The van der Waals surface area contributed by atoms with Gasteiger partial charge in [-0.3, -0.25) is 4.79 Å². The molecule has 0 radical (unpaired) electrons. The van der Waals surface area contributed by atoms with E-state index in [4.69, 9.17) is 0 Å². The van der Waals surface area contributed by atoms with Crippen molar-refractivity contribution in [2.24, 2.45) is 0 Å². The zero-order valence-electron chi connectivity index (χ0n) is 17.3. The van der Waals surface area contributed by atoms with Crippen LogP contribution in [-0.2, 0) is 27.8 Å². The van der Waals surface area contributed by atoms with Crippen LogP contribution in [0.25, 0.3) is 10.6 Å². The number of thiophene rings is 1. The van der Waals surface area contributed by atoms with Crippen molar-refractivity contribution in [3.63, 3.8) is 0 Å². The van der Waals surface area contributed by atoms with Crippen molar-refractivity contribution in [2.75, 3.05) is 12.4 Å². The zero-order valence-corrected chi connectivity index (χ0v) is 19.7. The van der Waals surface area contributed by atoms with Gasteiger partial charge >= 0.3 is 0 Å². The van der Waals surface area contributed by atoms with Gasteiger partial charge in [-0.15, -0.1) is 11.3 Å². The molecule has 0 aliphatic carbocycles. The van der Waals surface area contributed by atoms with Crippen LogP contribution in [0.5, 0.6) is 0 Å². The third-order valence-corrected chi connectivity index (χ3v) is 8.20. The van der Waals surface area contributed by atoms with E-state index < -0.39 is 10.0 Å². The van der Waals surface area contributed by atoms with Crippen LogP contribution >= 0.6 is 22.7 Å². The highest BCUT2D eigenvalue weighted by Gasteiger charge is 2.21. The fraction of sp³-hybridized carbons (Fsp3) is 0.130. The summed E-state index contributed by atoms with van der Waals surface area (Å²) in [5.41, 5.74) is 3.20. The van der Waals surface area contributed by atoms with Crippen molar-refractivity contribution in [3.05, 3.63) is 88.1 Å². The molecule has 1 N–H and O–H groups in total. The van der Waals surface area contributed by atoms with Crippen molar-refractivity contribution in [1.29, 1.82) is 0 Å². The van der Waals surface area contributed by atoms with E-state index in [-0.39, 0.29) is 23.8 Å². The number of benzene rings is 2. The maximum Gasteiger partial charge on any atom is 0.243 e. The maximum atomic E-state index is 12.8. The van der Waals surface area contributed by atoms with Crippen molar-refractivity contribution < 1.29 is 13.2 Å². The minimum atomic E-state index is -3.64. The number of aromatic nitrogens is 1. The smallest absolute Gasteiger partial charge is 0.243 e. The summed E-state index contributed by atoms with van der Waals surface area (Å²) in [6.07, 6.45) is 0.153. The molecule has 4 rings (SSSR count). The lowest BCUT2D eigenvalue weighted by molar-refractivity contribution is -0.115. The molecule has 32 heavy (non-hydrogen) atoms. The lowest BCUT2D eigenvalue weighted by Gasteiger charge is -2.17. The van der Waals surface area contributed by atoms with Gasteiger partial charge in [-0.2, -0.15) is 15.6 Å². The van der Waals surface area contributed by atoms with Crippen LogP contribution in [0.1, 0.15) is 11.3 Å². The standard InChI is InChI=1S/C23H21N3O3S3/c1-26(14-17-5-3-2-4-6-17)32(28,29)21-9-7-19(8-10-21)24-22(27)13-20-16-31-23(25-20)18-11-12-30-15-18/h2-12,15-16H,13-14H2,1H3,(H,24,27). The molecule has 0 bridgehead atoms. The summed E-state index contributed by atoms with van der Waals surface area (Å²) in [4.78, 5) is 17.1. The van der Waals surface area contributed by atoms with Gasteiger partial charge in [0.15, 0.2) is 0 Å². The van der Waals surface area contributed by atoms with E-state index in [2.05, 4.69) is 10.3 Å². The number of anilines is 1. The van der Waals surface area contributed by atoms with Crippen LogP contribution in [0.4, 0.5) is 5.69 Å². The summed E-state index contributed by atoms with van der Waals surface area (Å²) in [6, 6.07) is 17.6. The highest BCUT2D eigenvalue weighted by molar-refractivity contribution is 7.89. The van der Waals surface area contributed by atoms with Crippen LogP contribution in [0, 0.1) is 0 Å². The Labute approximate surface area is 195 Å². The van der Waals surface area contributed by atoms with E-state index >= 15 is 0 Å². The van der Waals surface area contributed by atoms with Crippen LogP contribution in [0.15, 0.2) is 81.7 Å². The molecule has 9 heteroatoms. The van der Waals surface area contributed by atoms with Crippen LogP contribution in [0.3, 0.4) is 0 Å². The minimum absolute atomic E-state index is 0.153. The second kappa shape index (κ2) is 9.74. The predicted molar refractivity (Wildman–Crippen MR) is 129 cm³/mol. The Balaban J connectivity index is 1.37. The summed E-state index contributed by atoms with van der Waals surface area (Å²) in [6.45, 7) is 0.280. The first-order chi connectivity index (χ1) is 15.4. The SMILES string of the molecule is CN(Cc1ccccc1)S(=O)(=O)c1ccc(NC(=O)Cc2csc(-c3ccsc3)n2)cc1. The van der Waals surface area contributed by atoms with Gasteiger partial charge in [0.2, 0.25) is 15.9 Å². The van der Waals surface area contributed by atoms with E-state index in [0.717, 1.165) is 16.1 Å². The first kappa shape index (κ1) is 22.3.